The minimum Gasteiger partial charge on any atom is -0.453 e. The molecule has 0 aliphatic carbocycles. The summed E-state index contributed by atoms with van der Waals surface area (Å²) in [6.07, 6.45) is 3.24. The van der Waals surface area contributed by atoms with Crippen molar-refractivity contribution in [2.45, 2.75) is 6.92 Å². The monoisotopic (exact) mass is 261 g/mol. The molecule has 0 atom stereocenters. The number of aryl methyl sites for hydroxylation is 1. The van der Waals surface area contributed by atoms with Crippen LogP contribution in [0.5, 0.6) is 11.5 Å². The van der Waals surface area contributed by atoms with E-state index in [4.69, 9.17) is 4.74 Å². The topological polar surface area (TPSA) is 58.8 Å². The second-order valence-electron chi connectivity index (χ2n) is 4.32. The largest absolute Gasteiger partial charge is 0.453 e. The molecule has 2 heterocycles. The molecule has 0 spiro atoms. The van der Waals surface area contributed by atoms with Gasteiger partial charge in [0.1, 0.15) is 17.4 Å². The summed E-state index contributed by atoms with van der Waals surface area (Å²) in [4.78, 5) is 8.45. The van der Waals surface area contributed by atoms with Crippen molar-refractivity contribution in [3.63, 3.8) is 0 Å². The predicted molar refractivity (Wildman–Crippen MR) is 75.5 cm³/mol. The second-order valence-corrected chi connectivity index (χ2v) is 4.32. The number of fused-ring (bicyclic) bond motifs is 1. The van der Waals surface area contributed by atoms with Gasteiger partial charge in [-0.05, 0) is 31.2 Å². The molecule has 0 aliphatic heterocycles. The molecule has 4 nitrogen and oxygen atoms in total. The Labute approximate surface area is 116 Å². The highest BCUT2D eigenvalue weighted by molar-refractivity contribution is 5.87. The number of pyridine rings is 2. The van der Waals surface area contributed by atoms with Crippen molar-refractivity contribution in [1.29, 1.82) is 5.26 Å². The zero-order valence-corrected chi connectivity index (χ0v) is 10.9. The minimum absolute atomic E-state index is 0.409. The molecule has 96 valence electrons. The van der Waals surface area contributed by atoms with E-state index >= 15 is 0 Å². The number of ether oxygens (including phenoxy) is 1. The van der Waals surface area contributed by atoms with E-state index in [2.05, 4.69) is 16.0 Å². The van der Waals surface area contributed by atoms with Crippen LogP contribution in [0.25, 0.3) is 10.9 Å². The molecule has 3 aromatic rings. The third-order valence-corrected chi connectivity index (χ3v) is 3.02. The van der Waals surface area contributed by atoms with Crippen molar-refractivity contribution in [1.82, 2.24) is 9.97 Å². The highest BCUT2D eigenvalue weighted by Gasteiger charge is 2.12. The van der Waals surface area contributed by atoms with Gasteiger partial charge in [-0.15, -0.1) is 0 Å². The van der Waals surface area contributed by atoms with Crippen LogP contribution in [0, 0.1) is 18.3 Å². The first-order chi connectivity index (χ1) is 9.79. The molecule has 0 N–H and O–H groups in total. The van der Waals surface area contributed by atoms with Gasteiger partial charge in [0.05, 0.1) is 11.2 Å². The van der Waals surface area contributed by atoms with Gasteiger partial charge >= 0.3 is 0 Å². The van der Waals surface area contributed by atoms with Crippen molar-refractivity contribution in [3.05, 3.63) is 60.0 Å². The van der Waals surface area contributed by atoms with Gasteiger partial charge in [0.2, 0.25) is 0 Å². The van der Waals surface area contributed by atoms with Gasteiger partial charge in [-0.1, -0.05) is 12.1 Å². The van der Waals surface area contributed by atoms with E-state index in [9.17, 15) is 5.26 Å². The number of rotatable bonds is 2. The molecule has 0 radical (unpaired) electrons. The lowest BCUT2D eigenvalue weighted by atomic mass is 10.1. The molecule has 0 bridgehead atoms. The number of hydrogen-bond donors (Lipinski definition) is 0. The normalized spacial score (nSPS) is 10.2. The first-order valence-corrected chi connectivity index (χ1v) is 6.17. The average molecular weight is 261 g/mol. The maximum Gasteiger partial charge on any atom is 0.156 e. The van der Waals surface area contributed by atoms with Crippen molar-refractivity contribution >= 4 is 10.9 Å². The fourth-order valence-corrected chi connectivity index (χ4v) is 1.99. The first kappa shape index (κ1) is 12.1. The standard InChI is InChI=1S/C16H11N3O/c1-11-15(7-4-8-18-11)20-16-12(9-17)10-19-14-6-3-2-5-13(14)16/h2-8,10H,1H3. The van der Waals surface area contributed by atoms with Crippen molar-refractivity contribution in [3.8, 4) is 17.6 Å². The van der Waals surface area contributed by atoms with Gasteiger partial charge in [0, 0.05) is 17.8 Å². The summed E-state index contributed by atoms with van der Waals surface area (Å²) in [7, 11) is 0. The summed E-state index contributed by atoms with van der Waals surface area (Å²) in [5, 5.41) is 10.1. The molecular formula is C16H11N3O. The third kappa shape index (κ3) is 2.06. The number of para-hydroxylation sites is 1. The molecule has 2 aromatic heterocycles. The Hall–Kier alpha value is -2.93. The highest BCUT2D eigenvalue weighted by atomic mass is 16.5. The Bertz CT molecular complexity index is 821. The molecule has 0 saturated carbocycles. The summed E-state index contributed by atoms with van der Waals surface area (Å²) in [5.74, 6) is 1.16. The lowest BCUT2D eigenvalue weighted by Crippen LogP contribution is -1.94. The molecule has 0 fully saturated rings. The van der Waals surface area contributed by atoms with Gasteiger partial charge in [-0.25, -0.2) is 0 Å². The molecule has 4 heteroatoms. The van der Waals surface area contributed by atoms with Gasteiger partial charge in [0.15, 0.2) is 5.75 Å². The van der Waals surface area contributed by atoms with Crippen LogP contribution in [0.2, 0.25) is 0 Å². The van der Waals surface area contributed by atoms with Gasteiger partial charge in [-0.2, -0.15) is 5.26 Å². The van der Waals surface area contributed by atoms with E-state index in [1.807, 2.05) is 37.3 Å². The zero-order valence-electron chi connectivity index (χ0n) is 10.9. The summed E-state index contributed by atoms with van der Waals surface area (Å²) in [6.45, 7) is 1.87. The van der Waals surface area contributed by atoms with Crippen molar-refractivity contribution in [2.75, 3.05) is 0 Å². The molecule has 3 rings (SSSR count). The number of nitriles is 1. The zero-order chi connectivity index (χ0) is 13.9. The minimum atomic E-state index is 0.409. The quantitative estimate of drug-likeness (QED) is 0.707. The highest BCUT2D eigenvalue weighted by Crippen LogP contribution is 2.32. The van der Waals surface area contributed by atoms with Gasteiger partial charge in [0.25, 0.3) is 0 Å². The van der Waals surface area contributed by atoms with Crippen LogP contribution in [-0.4, -0.2) is 9.97 Å². The van der Waals surface area contributed by atoms with E-state index in [1.165, 1.54) is 6.20 Å². The SMILES string of the molecule is Cc1ncccc1Oc1c(C#N)cnc2ccccc12. The van der Waals surface area contributed by atoms with Crippen LogP contribution in [-0.2, 0) is 0 Å². The van der Waals surface area contributed by atoms with Gasteiger partial charge in [-0.3, -0.25) is 9.97 Å². The predicted octanol–water partition coefficient (Wildman–Crippen LogP) is 3.60. The lowest BCUT2D eigenvalue weighted by molar-refractivity contribution is 0.479. The Morgan fingerprint density at radius 2 is 1.95 bits per heavy atom. The lowest BCUT2D eigenvalue weighted by Gasteiger charge is -2.11. The van der Waals surface area contributed by atoms with E-state index < -0.39 is 0 Å². The molecule has 0 aliphatic rings. The van der Waals surface area contributed by atoms with Crippen LogP contribution in [0.4, 0.5) is 0 Å². The molecule has 20 heavy (non-hydrogen) atoms. The van der Waals surface area contributed by atoms with Crippen LogP contribution in [0.15, 0.2) is 48.8 Å². The van der Waals surface area contributed by atoms with Gasteiger partial charge < -0.3 is 4.74 Å². The summed E-state index contributed by atoms with van der Waals surface area (Å²) < 4.78 is 5.92. The Balaban J connectivity index is 2.20. The van der Waals surface area contributed by atoms with E-state index in [0.29, 0.717) is 17.1 Å². The Morgan fingerprint density at radius 1 is 1.10 bits per heavy atom. The molecule has 0 unspecified atom stereocenters. The Morgan fingerprint density at radius 3 is 2.75 bits per heavy atom. The maximum atomic E-state index is 9.24. The van der Waals surface area contributed by atoms with Crippen LogP contribution in [0.3, 0.4) is 0 Å². The number of benzene rings is 1. The second kappa shape index (κ2) is 4.98. The van der Waals surface area contributed by atoms with Crippen molar-refractivity contribution in [2.24, 2.45) is 0 Å². The average Bonchev–Trinajstić information content (AvgIpc) is 2.50. The molecule has 0 amide bonds. The van der Waals surface area contributed by atoms with E-state index in [1.54, 1.807) is 12.3 Å². The maximum absolute atomic E-state index is 9.24. The number of hydrogen-bond acceptors (Lipinski definition) is 4. The molecule has 1 aromatic carbocycles. The van der Waals surface area contributed by atoms with Crippen LogP contribution in [0.1, 0.15) is 11.3 Å². The molecular weight excluding hydrogens is 250 g/mol. The molecule has 0 saturated heterocycles. The first-order valence-electron chi connectivity index (χ1n) is 6.17. The summed E-state index contributed by atoms with van der Waals surface area (Å²) in [6, 6.07) is 13.3. The summed E-state index contributed by atoms with van der Waals surface area (Å²) in [5.41, 5.74) is 1.98. The smallest absolute Gasteiger partial charge is 0.156 e. The Kier molecular flexibility index (Phi) is 3.02. The van der Waals surface area contributed by atoms with Crippen LogP contribution < -0.4 is 4.74 Å². The number of aromatic nitrogens is 2. The number of nitrogens with zero attached hydrogens (tertiary/aromatic N) is 3. The van der Waals surface area contributed by atoms with Crippen molar-refractivity contribution < 1.29 is 4.74 Å². The van der Waals surface area contributed by atoms with E-state index in [-0.39, 0.29) is 0 Å². The van der Waals surface area contributed by atoms with E-state index in [0.717, 1.165) is 16.6 Å². The fourth-order valence-electron chi connectivity index (χ4n) is 1.99. The summed E-state index contributed by atoms with van der Waals surface area (Å²) >= 11 is 0. The van der Waals surface area contributed by atoms with Crippen LogP contribution >= 0.6 is 0 Å². The third-order valence-electron chi connectivity index (χ3n) is 3.02. The fraction of sp³-hybridized carbons (Fsp3) is 0.0625.